The van der Waals surface area contributed by atoms with Crippen LogP contribution in [0.15, 0.2) is 23.6 Å². The lowest BCUT2D eigenvalue weighted by Crippen LogP contribution is -2.54. The van der Waals surface area contributed by atoms with E-state index in [1.54, 1.807) is 11.1 Å². The van der Waals surface area contributed by atoms with Gasteiger partial charge in [0, 0.05) is 41.3 Å². The van der Waals surface area contributed by atoms with E-state index < -0.39 is 12.7 Å². The van der Waals surface area contributed by atoms with Crippen molar-refractivity contribution in [3.05, 3.63) is 24.0 Å². The summed E-state index contributed by atoms with van der Waals surface area (Å²) in [5.41, 5.74) is 3.42. The molecule has 0 saturated heterocycles. The molecule has 1 aliphatic heterocycles. The lowest BCUT2D eigenvalue weighted by Gasteiger charge is -2.43. The number of pyridine rings is 1. The zero-order valence-electron chi connectivity index (χ0n) is 15.1. The Morgan fingerprint density at radius 3 is 3.08 bits per heavy atom. The SMILES string of the molecule is CCN1N=C([C@H]2C3C4[C@@H]3C[C@@]4(O)C[C@H]2C)c2c(cnc3[nH]ccc23)B1O. The van der Waals surface area contributed by atoms with E-state index in [1.165, 1.54) is 0 Å². The fourth-order valence-corrected chi connectivity index (χ4v) is 6.41. The zero-order valence-corrected chi connectivity index (χ0v) is 15.1. The number of aliphatic hydroxyl groups is 1. The van der Waals surface area contributed by atoms with Gasteiger partial charge in [-0.15, -0.1) is 0 Å². The first kappa shape index (κ1) is 15.2. The lowest BCUT2D eigenvalue weighted by molar-refractivity contribution is -0.0753. The molecule has 0 amide bonds. The molecule has 3 N–H and O–H groups in total. The molecule has 2 unspecified atom stereocenters. The van der Waals surface area contributed by atoms with E-state index in [4.69, 9.17) is 5.10 Å². The Kier molecular flexibility index (Phi) is 2.75. The molecule has 0 bridgehead atoms. The second-order valence-electron chi connectivity index (χ2n) is 8.72. The van der Waals surface area contributed by atoms with Crippen molar-refractivity contribution < 1.29 is 10.1 Å². The Morgan fingerprint density at radius 1 is 1.42 bits per heavy atom. The summed E-state index contributed by atoms with van der Waals surface area (Å²) in [5, 5.41) is 27.6. The van der Waals surface area contributed by atoms with Crippen LogP contribution in [0.2, 0.25) is 0 Å². The van der Waals surface area contributed by atoms with Gasteiger partial charge in [0.1, 0.15) is 5.65 Å². The van der Waals surface area contributed by atoms with Crippen LogP contribution in [-0.4, -0.2) is 49.9 Å². The summed E-state index contributed by atoms with van der Waals surface area (Å²) in [6.45, 7) is 4.92. The van der Waals surface area contributed by atoms with Crippen LogP contribution in [0.1, 0.15) is 32.3 Å². The fourth-order valence-electron chi connectivity index (χ4n) is 6.41. The largest absolute Gasteiger partial charge is 0.468 e. The van der Waals surface area contributed by atoms with Gasteiger partial charge in [-0.25, -0.2) is 4.98 Å². The molecular weight excluding hydrogens is 327 g/mol. The van der Waals surface area contributed by atoms with Gasteiger partial charge in [0.25, 0.3) is 0 Å². The van der Waals surface area contributed by atoms with Crippen molar-refractivity contribution in [1.29, 1.82) is 0 Å². The number of aromatic amines is 1. The molecule has 0 radical (unpaired) electrons. The van der Waals surface area contributed by atoms with Crippen molar-refractivity contribution in [3.8, 4) is 0 Å². The summed E-state index contributed by atoms with van der Waals surface area (Å²) < 4.78 is 0. The molecule has 6 rings (SSSR count). The summed E-state index contributed by atoms with van der Waals surface area (Å²) in [6.07, 6.45) is 5.51. The first-order valence-corrected chi connectivity index (χ1v) is 9.75. The standard InChI is InChI=1S/C19H23BN4O2/c1-3-24-20(26)12-8-22-18-10(4-5-21-18)14(12)17(23-24)13-9(2)6-19(25)7-11-15(13)16(11)19/h4-5,8-9,11,13,15-16,25-26H,3,6-7H2,1-2H3,(H,21,22)/t9-,11-,13-,15?,16?,19+/m1/s1. The monoisotopic (exact) mass is 350 g/mol. The van der Waals surface area contributed by atoms with Crippen LogP contribution in [0.5, 0.6) is 0 Å². The maximum Gasteiger partial charge on any atom is 0.468 e. The second-order valence-corrected chi connectivity index (χ2v) is 8.72. The highest BCUT2D eigenvalue weighted by atomic mass is 16.3. The molecule has 3 heterocycles. The Morgan fingerprint density at radius 2 is 2.27 bits per heavy atom. The van der Waals surface area contributed by atoms with Crippen LogP contribution >= 0.6 is 0 Å². The number of nitrogens with one attached hydrogen (secondary N) is 1. The van der Waals surface area contributed by atoms with Crippen molar-refractivity contribution >= 4 is 29.3 Å². The van der Waals surface area contributed by atoms with E-state index in [9.17, 15) is 10.1 Å². The number of hydrazone groups is 1. The highest BCUT2D eigenvalue weighted by Gasteiger charge is 2.76. The molecule has 2 aromatic heterocycles. The van der Waals surface area contributed by atoms with Gasteiger partial charge in [0.05, 0.1) is 11.3 Å². The van der Waals surface area contributed by atoms with Crippen molar-refractivity contribution in [2.24, 2.45) is 34.7 Å². The molecule has 6 atom stereocenters. The van der Waals surface area contributed by atoms with Crippen molar-refractivity contribution in [2.75, 3.05) is 6.54 Å². The first-order valence-electron chi connectivity index (χ1n) is 9.75. The zero-order chi connectivity index (χ0) is 17.8. The number of aromatic nitrogens is 2. The fraction of sp³-hybridized carbons (Fsp3) is 0.579. The molecule has 7 heteroatoms. The van der Waals surface area contributed by atoms with Gasteiger partial charge in [-0.2, -0.15) is 5.10 Å². The highest BCUT2D eigenvalue weighted by molar-refractivity contribution is 6.66. The molecule has 0 spiro atoms. The Hall–Kier alpha value is -1.86. The van der Waals surface area contributed by atoms with E-state index >= 15 is 0 Å². The maximum atomic E-state index is 10.8. The van der Waals surface area contributed by atoms with Crippen LogP contribution in [-0.2, 0) is 0 Å². The quantitative estimate of drug-likeness (QED) is 0.704. The van der Waals surface area contributed by atoms with Crippen LogP contribution in [0.25, 0.3) is 11.0 Å². The lowest BCUT2D eigenvalue weighted by atomic mass is 9.64. The van der Waals surface area contributed by atoms with Crippen molar-refractivity contribution in [1.82, 2.24) is 14.9 Å². The van der Waals surface area contributed by atoms with Gasteiger partial charge < -0.3 is 20.0 Å². The minimum Gasteiger partial charge on any atom is -0.428 e. The number of rotatable bonds is 2. The van der Waals surface area contributed by atoms with E-state index in [1.807, 2.05) is 19.2 Å². The number of fused-ring (bicyclic) bond motifs is 4. The van der Waals surface area contributed by atoms with Gasteiger partial charge >= 0.3 is 7.05 Å². The van der Waals surface area contributed by atoms with E-state index in [2.05, 4.69) is 16.9 Å². The molecule has 3 fully saturated rings. The van der Waals surface area contributed by atoms with E-state index in [0.717, 1.165) is 40.6 Å². The molecule has 4 aliphatic rings. The summed E-state index contributed by atoms with van der Waals surface area (Å²) in [5.74, 6) is 2.38. The van der Waals surface area contributed by atoms with E-state index in [0.29, 0.717) is 36.1 Å². The minimum absolute atomic E-state index is 0.341. The van der Waals surface area contributed by atoms with Crippen molar-refractivity contribution in [3.63, 3.8) is 0 Å². The smallest absolute Gasteiger partial charge is 0.428 e. The van der Waals surface area contributed by atoms with Gasteiger partial charge in [-0.3, -0.25) is 0 Å². The molecule has 0 aromatic carbocycles. The summed E-state index contributed by atoms with van der Waals surface area (Å²) >= 11 is 0. The topological polar surface area (TPSA) is 84.7 Å². The third kappa shape index (κ3) is 1.66. The number of hydrogen-bond donors (Lipinski definition) is 3. The highest BCUT2D eigenvalue weighted by Crippen LogP contribution is 2.75. The van der Waals surface area contributed by atoms with Crippen LogP contribution < -0.4 is 5.46 Å². The Bertz CT molecular complexity index is 958. The number of nitrogens with zero attached hydrogens (tertiary/aromatic N) is 3. The normalized spacial score (nSPS) is 40.0. The average Bonchev–Trinajstić information content (AvgIpc) is 3.04. The van der Waals surface area contributed by atoms with Crippen molar-refractivity contribution in [2.45, 2.75) is 32.3 Å². The number of hydrogen-bond acceptors (Lipinski definition) is 5. The second kappa shape index (κ2) is 4.70. The third-order valence-corrected chi connectivity index (χ3v) is 7.45. The van der Waals surface area contributed by atoms with Crippen LogP contribution in [0.4, 0.5) is 0 Å². The summed E-state index contributed by atoms with van der Waals surface area (Å²) in [6, 6.07) is 2.04. The average molecular weight is 350 g/mol. The first-order chi connectivity index (χ1) is 12.5. The predicted molar refractivity (Wildman–Crippen MR) is 99.9 cm³/mol. The van der Waals surface area contributed by atoms with E-state index in [-0.39, 0.29) is 0 Å². The molecule has 2 aromatic rings. The van der Waals surface area contributed by atoms with Crippen LogP contribution in [0.3, 0.4) is 0 Å². The predicted octanol–water partition coefficient (Wildman–Crippen LogP) is 0.943. The Balaban J connectivity index is 1.55. The summed E-state index contributed by atoms with van der Waals surface area (Å²) in [7, 11) is -0.752. The van der Waals surface area contributed by atoms with Gasteiger partial charge in [0.15, 0.2) is 0 Å². The maximum absolute atomic E-state index is 10.8. The minimum atomic E-state index is -0.752. The van der Waals surface area contributed by atoms with Gasteiger partial charge in [-0.05, 0) is 49.5 Å². The third-order valence-electron chi connectivity index (χ3n) is 7.45. The molecule has 6 nitrogen and oxygen atoms in total. The number of H-pyrrole nitrogens is 1. The summed E-state index contributed by atoms with van der Waals surface area (Å²) in [4.78, 5) is 9.46. The molecule has 3 saturated carbocycles. The van der Waals surface area contributed by atoms with Gasteiger partial charge in [0.2, 0.25) is 0 Å². The van der Waals surface area contributed by atoms with Gasteiger partial charge in [-0.1, -0.05) is 6.92 Å². The van der Waals surface area contributed by atoms with Crippen LogP contribution in [0, 0.1) is 29.6 Å². The Labute approximate surface area is 152 Å². The molecule has 26 heavy (non-hydrogen) atoms. The molecule has 134 valence electrons. The molecule has 3 aliphatic carbocycles. The molecular formula is C19H23BN4O2.